The fourth-order valence-corrected chi connectivity index (χ4v) is 4.46. The van der Waals surface area contributed by atoms with Crippen molar-refractivity contribution in [2.45, 2.75) is 26.2 Å². The van der Waals surface area contributed by atoms with Crippen molar-refractivity contribution in [1.29, 1.82) is 0 Å². The van der Waals surface area contributed by atoms with Crippen molar-refractivity contribution in [2.24, 2.45) is 5.92 Å². The van der Waals surface area contributed by atoms with Crippen LogP contribution in [-0.2, 0) is 9.59 Å². The van der Waals surface area contributed by atoms with Gasteiger partial charge in [-0.25, -0.2) is 9.59 Å². The average Bonchev–Trinajstić information content (AvgIpc) is 3.83. The Hall–Kier alpha value is -5.32. The molecule has 4 aromatic rings. The lowest BCUT2D eigenvalue weighted by Gasteiger charge is -2.18. The second-order valence-corrected chi connectivity index (χ2v) is 9.63. The molecule has 0 bridgehead atoms. The Morgan fingerprint density at radius 2 is 1.02 bits per heavy atom. The lowest BCUT2D eigenvalue weighted by Crippen LogP contribution is -2.05. The molecule has 41 heavy (non-hydrogen) atoms. The van der Waals surface area contributed by atoms with Gasteiger partial charge in [0.2, 0.25) is 0 Å². The third-order valence-corrected chi connectivity index (χ3v) is 6.59. The van der Waals surface area contributed by atoms with Crippen molar-refractivity contribution in [1.82, 2.24) is 0 Å². The Balaban J connectivity index is 1.55. The fourth-order valence-electron chi connectivity index (χ4n) is 4.46. The van der Waals surface area contributed by atoms with Gasteiger partial charge in [0.15, 0.2) is 0 Å². The summed E-state index contributed by atoms with van der Waals surface area (Å²) >= 11 is 0. The van der Waals surface area contributed by atoms with Crippen molar-refractivity contribution in [2.75, 3.05) is 0 Å². The molecule has 0 aromatic heterocycles. The van der Waals surface area contributed by atoms with Crippen LogP contribution in [0.3, 0.4) is 0 Å². The second-order valence-electron chi connectivity index (χ2n) is 9.63. The number of carbonyl (C=O) groups is 2. The van der Waals surface area contributed by atoms with E-state index in [9.17, 15) is 9.59 Å². The van der Waals surface area contributed by atoms with Gasteiger partial charge >= 0.3 is 11.9 Å². The van der Waals surface area contributed by atoms with Crippen LogP contribution in [0.1, 0.15) is 48.4 Å². The highest BCUT2D eigenvalue weighted by molar-refractivity contribution is 6.04. The molecule has 0 amide bonds. The van der Waals surface area contributed by atoms with Crippen LogP contribution in [0.25, 0.3) is 11.1 Å². The minimum atomic E-state index is -0.598. The summed E-state index contributed by atoms with van der Waals surface area (Å²) in [6, 6.07) is 35.1. The van der Waals surface area contributed by atoms with Crippen LogP contribution < -0.4 is 9.47 Å². The molecule has 1 aliphatic carbocycles. The van der Waals surface area contributed by atoms with Gasteiger partial charge in [-0.3, -0.25) is 0 Å². The zero-order valence-corrected chi connectivity index (χ0v) is 22.7. The normalized spacial score (nSPS) is 12.5. The van der Waals surface area contributed by atoms with E-state index >= 15 is 0 Å². The molecule has 1 saturated carbocycles. The van der Waals surface area contributed by atoms with Crippen molar-refractivity contribution < 1.29 is 19.1 Å². The Kier molecular flexibility index (Phi) is 8.75. The van der Waals surface area contributed by atoms with E-state index in [2.05, 4.69) is 47.9 Å². The first-order valence-electron chi connectivity index (χ1n) is 13.5. The third kappa shape index (κ3) is 7.41. The topological polar surface area (TPSA) is 52.6 Å². The molecule has 4 nitrogen and oxygen atoms in total. The molecule has 0 aliphatic heterocycles. The van der Waals surface area contributed by atoms with Gasteiger partial charge < -0.3 is 9.47 Å². The van der Waals surface area contributed by atoms with Gasteiger partial charge in [0, 0.05) is 18.3 Å². The molecule has 0 unspecified atom stereocenters. The molecule has 0 N–H and O–H groups in total. The molecule has 1 aliphatic rings. The maximum Gasteiger partial charge on any atom is 0.389 e. The minimum absolute atomic E-state index is 0.418. The molecule has 0 saturated heterocycles. The monoisotopic (exact) mass is 536 g/mol. The average molecular weight is 537 g/mol. The number of benzene rings is 4. The van der Waals surface area contributed by atoms with Gasteiger partial charge in [0.25, 0.3) is 0 Å². The summed E-state index contributed by atoms with van der Waals surface area (Å²) in [5.74, 6) is 10.8. The number of rotatable bonds is 7. The summed E-state index contributed by atoms with van der Waals surface area (Å²) in [6.07, 6.45) is 3.14. The van der Waals surface area contributed by atoms with Gasteiger partial charge in [-0.15, -0.1) is 0 Å². The molecule has 1 fully saturated rings. The SMILES string of the molecule is CC#CC(=O)Oc1ccc(/C(=C(\c2ccccc2)c2ccc(OC(=O)C#CCC3CC3)cc2)c2ccccc2)cc1. The molecule has 0 heterocycles. The van der Waals surface area contributed by atoms with Crippen LogP contribution in [-0.4, -0.2) is 11.9 Å². The van der Waals surface area contributed by atoms with Crippen LogP contribution in [0.2, 0.25) is 0 Å². The summed E-state index contributed by atoms with van der Waals surface area (Å²) in [5, 5.41) is 0. The first-order chi connectivity index (χ1) is 20.1. The number of hydrogen-bond acceptors (Lipinski definition) is 4. The molecule has 0 spiro atoms. The Morgan fingerprint density at radius 3 is 1.44 bits per heavy atom. The molecule has 0 atom stereocenters. The lowest BCUT2D eigenvalue weighted by molar-refractivity contribution is -0.128. The van der Waals surface area contributed by atoms with Gasteiger partial charge in [-0.2, -0.15) is 0 Å². The first-order valence-corrected chi connectivity index (χ1v) is 13.5. The van der Waals surface area contributed by atoms with Crippen LogP contribution in [0.15, 0.2) is 109 Å². The van der Waals surface area contributed by atoms with Crippen LogP contribution in [0, 0.1) is 29.6 Å². The second kappa shape index (κ2) is 13.2. The van der Waals surface area contributed by atoms with E-state index < -0.39 is 11.9 Å². The van der Waals surface area contributed by atoms with Crippen LogP contribution in [0.5, 0.6) is 11.5 Å². The van der Waals surface area contributed by atoms with Crippen molar-refractivity contribution in [3.05, 3.63) is 131 Å². The maximum atomic E-state index is 12.2. The highest BCUT2D eigenvalue weighted by Crippen LogP contribution is 2.38. The van der Waals surface area contributed by atoms with E-state index in [0.29, 0.717) is 17.4 Å². The summed E-state index contributed by atoms with van der Waals surface area (Å²) in [5.41, 5.74) is 5.94. The molecule has 5 rings (SSSR count). The molecule has 4 aromatic carbocycles. The molecular weight excluding hydrogens is 508 g/mol. The third-order valence-electron chi connectivity index (χ3n) is 6.59. The quantitative estimate of drug-likeness (QED) is 0.0816. The van der Waals surface area contributed by atoms with E-state index in [1.165, 1.54) is 12.8 Å². The van der Waals surface area contributed by atoms with Gasteiger partial charge in [-0.05, 0) is 83.3 Å². The number of hydrogen-bond donors (Lipinski definition) is 0. The van der Waals surface area contributed by atoms with E-state index in [-0.39, 0.29) is 0 Å². The van der Waals surface area contributed by atoms with E-state index in [1.54, 1.807) is 31.2 Å². The van der Waals surface area contributed by atoms with E-state index in [0.717, 1.165) is 39.8 Å². The van der Waals surface area contributed by atoms with Crippen LogP contribution >= 0.6 is 0 Å². The van der Waals surface area contributed by atoms with Gasteiger partial charge in [0.1, 0.15) is 11.5 Å². The summed E-state index contributed by atoms with van der Waals surface area (Å²) in [4.78, 5) is 24.1. The number of ether oxygens (including phenoxy) is 2. The van der Waals surface area contributed by atoms with Crippen LogP contribution in [0.4, 0.5) is 0 Å². The van der Waals surface area contributed by atoms with Gasteiger partial charge in [-0.1, -0.05) is 96.8 Å². The van der Waals surface area contributed by atoms with Crippen molar-refractivity contribution in [3.63, 3.8) is 0 Å². The van der Waals surface area contributed by atoms with Crippen molar-refractivity contribution in [3.8, 4) is 35.2 Å². The predicted molar refractivity (Wildman–Crippen MR) is 161 cm³/mol. The zero-order valence-electron chi connectivity index (χ0n) is 22.7. The summed E-state index contributed by atoms with van der Waals surface area (Å²) in [6.45, 7) is 1.59. The maximum absolute atomic E-state index is 12.2. The van der Waals surface area contributed by atoms with Gasteiger partial charge in [0.05, 0.1) is 0 Å². The minimum Gasteiger partial charge on any atom is -0.417 e. The van der Waals surface area contributed by atoms with Crippen molar-refractivity contribution >= 4 is 23.1 Å². The Morgan fingerprint density at radius 1 is 0.610 bits per heavy atom. The zero-order chi connectivity index (χ0) is 28.4. The number of esters is 2. The summed E-state index contributed by atoms with van der Waals surface area (Å²) in [7, 11) is 0. The number of carbonyl (C=O) groups excluding carboxylic acids is 2. The first kappa shape index (κ1) is 27.3. The highest BCUT2D eigenvalue weighted by Gasteiger charge is 2.20. The molecular formula is C37H28O4. The Labute approximate surface area is 240 Å². The molecule has 4 heteroatoms. The lowest BCUT2D eigenvalue weighted by atomic mass is 9.86. The van der Waals surface area contributed by atoms with E-state index in [4.69, 9.17) is 9.47 Å². The largest absolute Gasteiger partial charge is 0.417 e. The highest BCUT2D eigenvalue weighted by atomic mass is 16.5. The molecule has 200 valence electrons. The standard InChI is InChI=1S/C37H28O4/c1-2-10-34(38)40-32-23-19-30(20-24-32)36(28-12-5-3-6-13-28)37(29-14-7-4-8-15-29)31-21-25-33(26-22-31)41-35(39)16-9-11-27-17-18-27/h3-8,12-15,19-27H,11,17-18H2,1H3/b37-36+. The predicted octanol–water partition coefficient (Wildman–Crippen LogP) is 7.33. The smallest absolute Gasteiger partial charge is 0.389 e. The van der Waals surface area contributed by atoms with E-state index in [1.807, 2.05) is 60.7 Å². The Bertz CT molecular complexity index is 1670. The summed E-state index contributed by atoms with van der Waals surface area (Å²) < 4.78 is 10.8. The molecule has 0 radical (unpaired) electrons. The fraction of sp³-hybridized carbons (Fsp3) is 0.135.